The summed E-state index contributed by atoms with van der Waals surface area (Å²) in [6, 6.07) is 13.4. The lowest BCUT2D eigenvalue weighted by Gasteiger charge is -2.30. The molecule has 186 valence electrons. The number of hydrogen-bond donors (Lipinski definition) is 1. The van der Waals surface area contributed by atoms with Crippen molar-refractivity contribution in [2.45, 2.75) is 58.7 Å². The van der Waals surface area contributed by atoms with E-state index in [1.54, 1.807) is 38.3 Å². The maximum absolute atomic E-state index is 13.3. The van der Waals surface area contributed by atoms with Crippen LogP contribution in [0.1, 0.15) is 66.3 Å². The van der Waals surface area contributed by atoms with Gasteiger partial charge in [0.25, 0.3) is 11.8 Å². The van der Waals surface area contributed by atoms with E-state index in [1.165, 1.54) is 9.80 Å². The smallest absolute Gasteiger partial charge is 0.261 e. The standard InChI is InChI=1S/C27H33N3O5/c1-5-18(2)28-25(32)19(3)30(17-20-10-8-11-21(16-20)35-4)24(31)14-9-15-29-26(33)22-12-6-7-13-23(22)27(29)34/h6-8,10-13,16,18-19H,5,9,14-15,17H2,1-4H3,(H,28,32)/t18-,19+/m0/s1. The Bertz CT molecular complexity index is 1060. The minimum Gasteiger partial charge on any atom is -0.497 e. The fourth-order valence-corrected chi connectivity index (χ4v) is 3.99. The zero-order valence-corrected chi connectivity index (χ0v) is 20.7. The van der Waals surface area contributed by atoms with Crippen LogP contribution in [-0.2, 0) is 16.1 Å². The van der Waals surface area contributed by atoms with Gasteiger partial charge in [-0.15, -0.1) is 0 Å². The lowest BCUT2D eigenvalue weighted by Crippen LogP contribution is -2.49. The molecule has 8 nitrogen and oxygen atoms in total. The Morgan fingerprint density at radius 2 is 1.69 bits per heavy atom. The van der Waals surface area contributed by atoms with Crippen molar-refractivity contribution < 1.29 is 23.9 Å². The van der Waals surface area contributed by atoms with Crippen LogP contribution in [0, 0.1) is 0 Å². The summed E-state index contributed by atoms with van der Waals surface area (Å²) in [5, 5.41) is 2.94. The maximum atomic E-state index is 13.3. The van der Waals surface area contributed by atoms with Crippen LogP contribution < -0.4 is 10.1 Å². The van der Waals surface area contributed by atoms with Crippen LogP contribution in [0.2, 0.25) is 0 Å². The van der Waals surface area contributed by atoms with Crippen molar-refractivity contribution in [3.05, 3.63) is 65.2 Å². The predicted molar refractivity (Wildman–Crippen MR) is 132 cm³/mol. The van der Waals surface area contributed by atoms with Gasteiger partial charge in [0.2, 0.25) is 11.8 Å². The molecule has 0 aromatic heterocycles. The third-order valence-electron chi connectivity index (χ3n) is 6.31. The Balaban J connectivity index is 1.69. The van der Waals surface area contributed by atoms with Gasteiger partial charge in [-0.1, -0.05) is 31.2 Å². The summed E-state index contributed by atoms with van der Waals surface area (Å²) in [5.41, 5.74) is 1.61. The van der Waals surface area contributed by atoms with Gasteiger partial charge in [-0.3, -0.25) is 24.1 Å². The molecule has 0 radical (unpaired) electrons. The number of amides is 4. The van der Waals surface area contributed by atoms with E-state index in [-0.39, 0.29) is 49.2 Å². The minimum absolute atomic E-state index is 0.00690. The summed E-state index contributed by atoms with van der Waals surface area (Å²) in [6.07, 6.45) is 1.18. The third kappa shape index (κ3) is 6.07. The summed E-state index contributed by atoms with van der Waals surface area (Å²) >= 11 is 0. The molecule has 35 heavy (non-hydrogen) atoms. The maximum Gasteiger partial charge on any atom is 0.261 e. The highest BCUT2D eigenvalue weighted by molar-refractivity contribution is 6.21. The van der Waals surface area contributed by atoms with Gasteiger partial charge >= 0.3 is 0 Å². The molecule has 1 aliphatic rings. The summed E-state index contributed by atoms with van der Waals surface area (Å²) in [5.74, 6) is -0.468. The highest BCUT2D eigenvalue weighted by atomic mass is 16.5. The summed E-state index contributed by atoms with van der Waals surface area (Å²) in [4.78, 5) is 54.0. The Morgan fingerprint density at radius 1 is 1.03 bits per heavy atom. The zero-order valence-electron chi connectivity index (χ0n) is 20.7. The van der Waals surface area contributed by atoms with E-state index in [9.17, 15) is 19.2 Å². The quantitative estimate of drug-likeness (QED) is 0.499. The highest BCUT2D eigenvalue weighted by Gasteiger charge is 2.35. The monoisotopic (exact) mass is 479 g/mol. The van der Waals surface area contributed by atoms with Gasteiger partial charge in [-0.2, -0.15) is 0 Å². The van der Waals surface area contributed by atoms with Crippen LogP contribution in [0.15, 0.2) is 48.5 Å². The molecule has 0 saturated carbocycles. The predicted octanol–water partition coefficient (Wildman–Crippen LogP) is 3.40. The molecule has 8 heteroatoms. The number of fused-ring (bicyclic) bond motifs is 1. The van der Waals surface area contributed by atoms with Crippen LogP contribution in [0.4, 0.5) is 0 Å². The fourth-order valence-electron chi connectivity index (χ4n) is 3.99. The molecule has 0 spiro atoms. The second-order valence-corrected chi connectivity index (χ2v) is 8.78. The van der Waals surface area contributed by atoms with E-state index in [2.05, 4.69) is 5.32 Å². The van der Waals surface area contributed by atoms with Crippen molar-refractivity contribution in [1.29, 1.82) is 0 Å². The Hall–Kier alpha value is -3.68. The Labute approximate surface area is 206 Å². The van der Waals surface area contributed by atoms with Crippen molar-refractivity contribution in [3.63, 3.8) is 0 Å². The molecule has 0 aliphatic carbocycles. The minimum atomic E-state index is -0.693. The number of rotatable bonds is 11. The molecular weight excluding hydrogens is 446 g/mol. The number of carbonyl (C=O) groups excluding carboxylic acids is 4. The van der Waals surface area contributed by atoms with Crippen LogP contribution in [0.3, 0.4) is 0 Å². The number of methoxy groups -OCH3 is 1. The van der Waals surface area contributed by atoms with E-state index in [0.29, 0.717) is 23.3 Å². The topological polar surface area (TPSA) is 96.0 Å². The van der Waals surface area contributed by atoms with Gasteiger partial charge in [0.05, 0.1) is 18.2 Å². The molecule has 0 unspecified atom stereocenters. The average molecular weight is 480 g/mol. The van der Waals surface area contributed by atoms with E-state index < -0.39 is 6.04 Å². The van der Waals surface area contributed by atoms with E-state index in [4.69, 9.17) is 4.74 Å². The van der Waals surface area contributed by atoms with Crippen LogP contribution in [0.5, 0.6) is 5.75 Å². The number of hydrogen-bond acceptors (Lipinski definition) is 5. The highest BCUT2D eigenvalue weighted by Crippen LogP contribution is 2.23. The molecule has 1 N–H and O–H groups in total. The van der Waals surface area contributed by atoms with Crippen LogP contribution in [0.25, 0.3) is 0 Å². The first-order chi connectivity index (χ1) is 16.8. The summed E-state index contributed by atoms with van der Waals surface area (Å²) in [6.45, 7) is 5.98. The molecule has 2 aromatic rings. The SMILES string of the molecule is CC[C@H](C)NC(=O)[C@@H](C)N(Cc1cccc(OC)c1)C(=O)CCCN1C(=O)c2ccccc2C1=O. The molecule has 0 bridgehead atoms. The Morgan fingerprint density at radius 3 is 2.29 bits per heavy atom. The molecule has 0 fully saturated rings. The summed E-state index contributed by atoms with van der Waals surface area (Å²) in [7, 11) is 1.57. The van der Waals surface area contributed by atoms with Crippen molar-refractivity contribution in [3.8, 4) is 5.75 Å². The van der Waals surface area contributed by atoms with Crippen LogP contribution >= 0.6 is 0 Å². The largest absolute Gasteiger partial charge is 0.497 e. The molecule has 2 atom stereocenters. The normalized spacial score (nSPS) is 14.3. The molecule has 1 aliphatic heterocycles. The molecular formula is C27H33N3O5. The number of carbonyl (C=O) groups is 4. The molecule has 1 heterocycles. The lowest BCUT2D eigenvalue weighted by molar-refractivity contribution is -0.141. The number of nitrogens with zero attached hydrogens (tertiary/aromatic N) is 2. The van der Waals surface area contributed by atoms with Crippen molar-refractivity contribution in [2.75, 3.05) is 13.7 Å². The number of imide groups is 1. The van der Waals surface area contributed by atoms with Gasteiger partial charge in [0.15, 0.2) is 0 Å². The van der Waals surface area contributed by atoms with Crippen LogP contribution in [-0.4, -0.2) is 59.2 Å². The molecule has 2 aromatic carbocycles. The third-order valence-corrected chi connectivity index (χ3v) is 6.31. The van der Waals surface area contributed by atoms with Gasteiger partial charge in [-0.05, 0) is 56.5 Å². The average Bonchev–Trinajstić information content (AvgIpc) is 3.11. The van der Waals surface area contributed by atoms with Crippen molar-refractivity contribution in [1.82, 2.24) is 15.1 Å². The molecule has 0 saturated heterocycles. The first-order valence-corrected chi connectivity index (χ1v) is 11.9. The summed E-state index contributed by atoms with van der Waals surface area (Å²) < 4.78 is 5.29. The van der Waals surface area contributed by atoms with Crippen molar-refractivity contribution >= 4 is 23.6 Å². The number of benzene rings is 2. The number of ether oxygens (including phenoxy) is 1. The lowest BCUT2D eigenvalue weighted by atomic mass is 10.1. The van der Waals surface area contributed by atoms with E-state index in [1.807, 2.05) is 38.1 Å². The number of nitrogens with one attached hydrogen (secondary N) is 1. The van der Waals surface area contributed by atoms with Gasteiger partial charge in [0, 0.05) is 25.6 Å². The second-order valence-electron chi connectivity index (χ2n) is 8.78. The van der Waals surface area contributed by atoms with Gasteiger partial charge in [-0.25, -0.2) is 0 Å². The molecule has 3 rings (SSSR count). The second kappa shape index (κ2) is 11.6. The van der Waals surface area contributed by atoms with E-state index >= 15 is 0 Å². The van der Waals surface area contributed by atoms with Gasteiger partial charge in [0.1, 0.15) is 11.8 Å². The molecule has 4 amide bonds. The van der Waals surface area contributed by atoms with Gasteiger partial charge < -0.3 is 15.0 Å². The van der Waals surface area contributed by atoms with Crippen molar-refractivity contribution in [2.24, 2.45) is 0 Å². The van der Waals surface area contributed by atoms with E-state index in [0.717, 1.165) is 12.0 Å². The zero-order chi connectivity index (χ0) is 25.5. The first-order valence-electron chi connectivity index (χ1n) is 11.9. The first kappa shape index (κ1) is 25.9. The fraction of sp³-hybridized carbons (Fsp3) is 0.407. The Kier molecular flexibility index (Phi) is 8.63.